The van der Waals surface area contributed by atoms with Gasteiger partial charge in [-0.25, -0.2) is 9.78 Å². The van der Waals surface area contributed by atoms with Gasteiger partial charge in [0.25, 0.3) is 0 Å². The molecular weight excluding hydrogens is 280 g/mol. The number of benzene rings is 1. The summed E-state index contributed by atoms with van der Waals surface area (Å²) in [5, 5.41) is 20.0. The van der Waals surface area contributed by atoms with Crippen LogP contribution in [-0.4, -0.2) is 21.0 Å². The van der Waals surface area contributed by atoms with Crippen molar-refractivity contribution < 1.29 is 14.8 Å². The Morgan fingerprint density at radius 2 is 2.00 bits per heavy atom. The highest BCUT2D eigenvalue weighted by atomic mass is 32.2. The Morgan fingerprint density at radius 1 is 1.30 bits per heavy atom. The fraction of sp³-hybridized carbons (Fsp3) is 0.0769. The van der Waals surface area contributed by atoms with Crippen molar-refractivity contribution in [3.63, 3.8) is 0 Å². The highest BCUT2D eigenvalue weighted by molar-refractivity contribution is 7.98. The van der Waals surface area contributed by atoms with Crippen molar-refractivity contribution in [2.24, 2.45) is 0 Å². The summed E-state index contributed by atoms with van der Waals surface area (Å²) in [6.07, 6.45) is 1.50. The molecular formula is C13H10N2O4S. The maximum Gasteiger partial charge on any atom is 0.335 e. The van der Waals surface area contributed by atoms with Gasteiger partial charge >= 0.3 is 11.7 Å². The molecule has 0 spiro atoms. The van der Waals surface area contributed by atoms with E-state index in [0.717, 1.165) is 5.56 Å². The predicted octanol–water partition coefficient (Wildman–Crippen LogP) is 2.98. The van der Waals surface area contributed by atoms with E-state index in [0.29, 0.717) is 10.8 Å². The molecule has 0 bridgehead atoms. The van der Waals surface area contributed by atoms with Crippen LogP contribution in [0, 0.1) is 10.1 Å². The third-order valence-corrected chi connectivity index (χ3v) is 3.59. The molecule has 2 aromatic rings. The number of thioether (sulfide) groups is 1. The van der Waals surface area contributed by atoms with Crippen LogP contribution < -0.4 is 0 Å². The zero-order chi connectivity index (χ0) is 14.5. The van der Waals surface area contributed by atoms with Gasteiger partial charge in [0.2, 0.25) is 0 Å². The molecule has 1 aromatic heterocycles. The highest BCUT2D eigenvalue weighted by Gasteiger charge is 2.14. The molecule has 0 aliphatic rings. The molecule has 6 nitrogen and oxygen atoms in total. The van der Waals surface area contributed by atoms with E-state index >= 15 is 0 Å². The second-order valence-corrected chi connectivity index (χ2v) is 4.84. The smallest absolute Gasteiger partial charge is 0.335 e. The largest absolute Gasteiger partial charge is 0.478 e. The molecule has 0 saturated heterocycles. The van der Waals surface area contributed by atoms with Gasteiger partial charge in [-0.2, -0.15) is 0 Å². The summed E-state index contributed by atoms with van der Waals surface area (Å²) in [6, 6.07) is 9.30. The minimum absolute atomic E-state index is 0.0281. The van der Waals surface area contributed by atoms with E-state index in [9.17, 15) is 14.9 Å². The highest BCUT2D eigenvalue weighted by Crippen LogP contribution is 2.28. The number of hydrogen-bond donors (Lipinski definition) is 1. The monoisotopic (exact) mass is 290 g/mol. The van der Waals surface area contributed by atoms with Crippen molar-refractivity contribution in [1.82, 2.24) is 4.98 Å². The Labute approximate surface area is 118 Å². The molecule has 102 valence electrons. The van der Waals surface area contributed by atoms with E-state index in [1.54, 1.807) is 12.1 Å². The molecule has 7 heteroatoms. The van der Waals surface area contributed by atoms with Crippen LogP contribution >= 0.6 is 11.8 Å². The van der Waals surface area contributed by atoms with Gasteiger partial charge in [-0.15, -0.1) is 0 Å². The molecule has 2 rings (SSSR count). The number of rotatable bonds is 5. The predicted molar refractivity (Wildman–Crippen MR) is 73.9 cm³/mol. The summed E-state index contributed by atoms with van der Waals surface area (Å²) in [5.41, 5.74) is 1.06. The van der Waals surface area contributed by atoms with E-state index in [-0.39, 0.29) is 11.3 Å². The van der Waals surface area contributed by atoms with Gasteiger partial charge in [-0.05, 0) is 23.8 Å². The summed E-state index contributed by atoms with van der Waals surface area (Å²) in [7, 11) is 0. The molecule has 0 amide bonds. The summed E-state index contributed by atoms with van der Waals surface area (Å²) in [4.78, 5) is 25.1. The van der Waals surface area contributed by atoms with Gasteiger partial charge in [0, 0.05) is 18.0 Å². The summed E-state index contributed by atoms with van der Waals surface area (Å²) in [6.45, 7) is 0. The molecule has 0 unspecified atom stereocenters. The van der Waals surface area contributed by atoms with Crippen molar-refractivity contribution in [3.8, 4) is 0 Å². The van der Waals surface area contributed by atoms with Crippen LogP contribution in [0.1, 0.15) is 15.9 Å². The van der Waals surface area contributed by atoms with E-state index in [1.165, 1.54) is 42.2 Å². The van der Waals surface area contributed by atoms with Crippen molar-refractivity contribution in [3.05, 3.63) is 63.8 Å². The Morgan fingerprint density at radius 3 is 2.60 bits per heavy atom. The number of hydrogen-bond acceptors (Lipinski definition) is 5. The first-order chi connectivity index (χ1) is 9.58. The third-order valence-electron chi connectivity index (χ3n) is 2.52. The van der Waals surface area contributed by atoms with Crippen molar-refractivity contribution in [1.29, 1.82) is 0 Å². The van der Waals surface area contributed by atoms with Gasteiger partial charge in [-0.1, -0.05) is 23.9 Å². The molecule has 1 N–H and O–H groups in total. The van der Waals surface area contributed by atoms with Crippen LogP contribution in [0.25, 0.3) is 0 Å². The zero-order valence-corrected chi connectivity index (χ0v) is 11.0. The maximum atomic E-state index is 10.8. The van der Waals surface area contributed by atoms with Gasteiger partial charge in [0.05, 0.1) is 10.5 Å². The number of nitro groups is 1. The lowest BCUT2D eigenvalue weighted by Crippen LogP contribution is -1.96. The number of pyridine rings is 1. The molecule has 0 atom stereocenters. The molecule has 1 heterocycles. The van der Waals surface area contributed by atoms with Crippen LogP contribution in [0.2, 0.25) is 0 Å². The minimum atomic E-state index is -0.982. The van der Waals surface area contributed by atoms with Crippen LogP contribution in [0.5, 0.6) is 0 Å². The number of carbonyl (C=O) groups is 1. The maximum absolute atomic E-state index is 10.8. The van der Waals surface area contributed by atoms with Gasteiger partial charge in [0.15, 0.2) is 5.03 Å². The van der Waals surface area contributed by atoms with E-state index in [4.69, 9.17) is 5.11 Å². The van der Waals surface area contributed by atoms with Crippen LogP contribution in [0.3, 0.4) is 0 Å². The lowest BCUT2D eigenvalue weighted by molar-refractivity contribution is -0.388. The van der Waals surface area contributed by atoms with Gasteiger partial charge in [0.1, 0.15) is 0 Å². The molecule has 0 radical (unpaired) electrons. The van der Waals surface area contributed by atoms with Crippen molar-refractivity contribution in [2.45, 2.75) is 10.8 Å². The third kappa shape index (κ3) is 3.33. The fourth-order valence-corrected chi connectivity index (χ4v) is 2.45. The SMILES string of the molecule is O=C(O)c1ccc(CSc2ncccc2[N+](=O)[O-])cc1. The molecule has 0 saturated carbocycles. The lowest BCUT2D eigenvalue weighted by Gasteiger charge is -2.02. The van der Waals surface area contributed by atoms with E-state index in [2.05, 4.69) is 4.98 Å². The number of nitrogens with zero attached hydrogens (tertiary/aromatic N) is 2. The summed E-state index contributed by atoms with van der Waals surface area (Å²) >= 11 is 1.24. The topological polar surface area (TPSA) is 93.3 Å². The van der Waals surface area contributed by atoms with Crippen molar-refractivity contribution in [2.75, 3.05) is 0 Å². The Hall–Kier alpha value is -2.41. The van der Waals surface area contributed by atoms with Gasteiger partial charge in [-0.3, -0.25) is 10.1 Å². The Kier molecular flexibility index (Phi) is 4.31. The Bertz CT molecular complexity index is 643. The van der Waals surface area contributed by atoms with Crippen LogP contribution in [-0.2, 0) is 5.75 Å². The summed E-state index contributed by atoms with van der Waals surface area (Å²) < 4.78 is 0. The van der Waals surface area contributed by atoms with Crippen LogP contribution in [0.15, 0.2) is 47.6 Å². The first-order valence-electron chi connectivity index (χ1n) is 5.62. The molecule has 0 fully saturated rings. The number of carboxylic acid groups (broad SMARTS) is 1. The second-order valence-electron chi connectivity index (χ2n) is 3.88. The number of aromatic carboxylic acids is 1. The number of carboxylic acids is 1. The number of aromatic nitrogens is 1. The average Bonchev–Trinajstić information content (AvgIpc) is 2.45. The van der Waals surface area contributed by atoms with Crippen molar-refractivity contribution >= 4 is 23.4 Å². The second kappa shape index (κ2) is 6.16. The average molecular weight is 290 g/mol. The van der Waals surface area contributed by atoms with E-state index in [1.807, 2.05) is 0 Å². The lowest BCUT2D eigenvalue weighted by atomic mass is 10.1. The molecule has 0 aliphatic carbocycles. The van der Waals surface area contributed by atoms with Crippen LogP contribution in [0.4, 0.5) is 5.69 Å². The zero-order valence-electron chi connectivity index (χ0n) is 10.2. The fourth-order valence-electron chi connectivity index (χ4n) is 1.53. The Balaban J connectivity index is 2.09. The molecule has 0 aliphatic heterocycles. The minimum Gasteiger partial charge on any atom is -0.478 e. The quantitative estimate of drug-likeness (QED) is 0.517. The normalized spacial score (nSPS) is 10.2. The standard InChI is InChI=1S/C13H10N2O4S/c16-13(17)10-5-3-9(4-6-10)8-20-12-11(15(18)19)2-1-7-14-12/h1-7H,8H2,(H,16,17). The molecule has 1 aromatic carbocycles. The molecule has 20 heavy (non-hydrogen) atoms. The summed E-state index contributed by atoms with van der Waals surface area (Å²) in [5.74, 6) is -0.498. The first kappa shape index (κ1) is 14.0. The van der Waals surface area contributed by atoms with E-state index < -0.39 is 10.9 Å². The van der Waals surface area contributed by atoms with Gasteiger partial charge < -0.3 is 5.11 Å². The first-order valence-corrected chi connectivity index (χ1v) is 6.61.